The minimum absolute atomic E-state index is 0.114. The molecule has 30 heavy (non-hydrogen) atoms. The maximum atomic E-state index is 12.7. The molecule has 1 amide bonds. The van der Waals surface area contributed by atoms with Gasteiger partial charge in [-0.1, -0.05) is 55.5 Å². The molecule has 0 aliphatic rings. The Bertz CT molecular complexity index is 1030. The second kappa shape index (κ2) is 8.61. The fraction of sp³-hybridized carbons (Fsp3) is 0.333. The number of aromatic amines is 1. The summed E-state index contributed by atoms with van der Waals surface area (Å²) in [5.41, 5.74) is 0.296. The molecule has 3 N–H and O–H groups in total. The van der Waals surface area contributed by atoms with Crippen molar-refractivity contribution in [3.8, 4) is 0 Å². The van der Waals surface area contributed by atoms with E-state index in [1.807, 2.05) is 61.5 Å². The first-order chi connectivity index (χ1) is 14.2. The van der Waals surface area contributed by atoms with Gasteiger partial charge in [0.15, 0.2) is 0 Å². The number of para-hydroxylation sites is 1. The molecule has 0 saturated heterocycles. The zero-order chi connectivity index (χ0) is 21.8. The fourth-order valence-corrected chi connectivity index (χ4v) is 3.45. The Labute approximate surface area is 176 Å². The summed E-state index contributed by atoms with van der Waals surface area (Å²) in [5.74, 6) is -1.11. The Morgan fingerprint density at radius 1 is 1.03 bits per heavy atom. The molecule has 0 aliphatic heterocycles. The number of amides is 1. The first kappa shape index (κ1) is 21.4. The van der Waals surface area contributed by atoms with Crippen molar-refractivity contribution >= 4 is 23.0 Å². The Balaban J connectivity index is 1.99. The van der Waals surface area contributed by atoms with Gasteiger partial charge in [-0.3, -0.25) is 0 Å². The summed E-state index contributed by atoms with van der Waals surface area (Å²) in [7, 11) is 0. The van der Waals surface area contributed by atoms with Gasteiger partial charge in [-0.05, 0) is 37.5 Å². The van der Waals surface area contributed by atoms with Gasteiger partial charge in [0.2, 0.25) is 0 Å². The first-order valence-electron chi connectivity index (χ1n) is 10.1. The van der Waals surface area contributed by atoms with Gasteiger partial charge in [-0.25, -0.2) is 9.59 Å². The highest BCUT2D eigenvalue weighted by Crippen LogP contribution is 2.26. The van der Waals surface area contributed by atoms with Gasteiger partial charge in [-0.15, -0.1) is 0 Å². The normalized spacial score (nSPS) is 13.6. The molecule has 158 valence electrons. The van der Waals surface area contributed by atoms with Gasteiger partial charge < -0.3 is 20.1 Å². The van der Waals surface area contributed by atoms with E-state index in [-0.39, 0.29) is 12.8 Å². The van der Waals surface area contributed by atoms with E-state index in [9.17, 15) is 14.7 Å². The number of ether oxygens (including phenoxy) is 1. The van der Waals surface area contributed by atoms with Crippen LogP contribution < -0.4 is 5.32 Å². The zero-order valence-corrected chi connectivity index (χ0v) is 17.6. The topological polar surface area (TPSA) is 91.4 Å². The lowest BCUT2D eigenvalue weighted by molar-refractivity contribution is -0.144. The number of carboxylic acids is 1. The molecule has 3 rings (SSSR count). The molecule has 0 bridgehead atoms. The number of alkyl carbamates (subject to hydrolysis) is 1. The number of nitrogens with one attached hydrogen (secondary N) is 2. The van der Waals surface area contributed by atoms with Gasteiger partial charge in [0.25, 0.3) is 0 Å². The predicted molar refractivity (Wildman–Crippen MR) is 117 cm³/mol. The van der Waals surface area contributed by atoms with E-state index in [1.54, 1.807) is 20.0 Å². The monoisotopic (exact) mass is 408 g/mol. The number of aliphatic carboxylic acids is 1. The van der Waals surface area contributed by atoms with Crippen molar-refractivity contribution < 1.29 is 19.4 Å². The number of fused-ring (bicyclic) bond motifs is 1. The number of hydrogen-bond donors (Lipinski definition) is 3. The third kappa shape index (κ3) is 4.82. The largest absolute Gasteiger partial charge is 0.479 e. The van der Waals surface area contributed by atoms with Crippen LogP contribution in [0.1, 0.15) is 38.3 Å². The maximum Gasteiger partial charge on any atom is 0.408 e. The van der Waals surface area contributed by atoms with Crippen LogP contribution in [0.4, 0.5) is 4.79 Å². The third-order valence-corrected chi connectivity index (χ3v) is 5.49. The Morgan fingerprint density at radius 3 is 2.37 bits per heavy atom. The first-order valence-corrected chi connectivity index (χ1v) is 10.1. The lowest BCUT2D eigenvalue weighted by Crippen LogP contribution is -2.58. The van der Waals surface area contributed by atoms with E-state index < -0.39 is 23.2 Å². The molecule has 1 atom stereocenters. The minimum atomic E-state index is -1.56. The summed E-state index contributed by atoms with van der Waals surface area (Å²) in [6.07, 6.45) is 1.92. The number of rotatable bonds is 8. The Hall–Kier alpha value is -3.28. The fourth-order valence-electron chi connectivity index (χ4n) is 3.45. The number of carbonyl (C=O) groups is 2. The number of carbonyl (C=O) groups excluding carboxylic acids is 1. The van der Waals surface area contributed by atoms with E-state index in [0.717, 1.165) is 22.0 Å². The molecule has 0 radical (unpaired) electrons. The van der Waals surface area contributed by atoms with Crippen LogP contribution in [0.15, 0.2) is 60.8 Å². The van der Waals surface area contributed by atoms with Gasteiger partial charge >= 0.3 is 12.1 Å². The van der Waals surface area contributed by atoms with Crippen LogP contribution in [0.25, 0.3) is 10.9 Å². The van der Waals surface area contributed by atoms with E-state index in [4.69, 9.17) is 4.74 Å². The SMILES string of the molecule is CCC(C)(C)OC(=O)NC(Cc1ccccc1)(Cc1c[nH]c2ccccc12)C(=O)O. The van der Waals surface area contributed by atoms with Crippen molar-refractivity contribution in [1.29, 1.82) is 0 Å². The van der Waals surface area contributed by atoms with Gasteiger partial charge in [-0.2, -0.15) is 0 Å². The quantitative estimate of drug-likeness (QED) is 0.504. The number of benzene rings is 2. The van der Waals surface area contributed by atoms with Crippen LogP contribution in [0.3, 0.4) is 0 Å². The average Bonchev–Trinajstić information content (AvgIpc) is 3.11. The van der Waals surface area contributed by atoms with E-state index in [1.165, 1.54) is 0 Å². The highest BCUT2D eigenvalue weighted by Gasteiger charge is 2.42. The summed E-state index contributed by atoms with van der Waals surface area (Å²) in [4.78, 5) is 28.5. The van der Waals surface area contributed by atoms with Crippen molar-refractivity contribution in [3.05, 3.63) is 71.9 Å². The minimum Gasteiger partial charge on any atom is -0.479 e. The molecular weight excluding hydrogens is 380 g/mol. The molecule has 0 aliphatic carbocycles. The zero-order valence-electron chi connectivity index (χ0n) is 17.6. The van der Waals surface area contributed by atoms with E-state index in [2.05, 4.69) is 10.3 Å². The number of hydrogen-bond acceptors (Lipinski definition) is 3. The van der Waals surface area contributed by atoms with Crippen LogP contribution in [0.5, 0.6) is 0 Å². The predicted octanol–water partition coefficient (Wildman–Crippen LogP) is 4.69. The van der Waals surface area contributed by atoms with Crippen molar-refractivity contribution in [2.24, 2.45) is 0 Å². The van der Waals surface area contributed by atoms with Gasteiger partial charge in [0.05, 0.1) is 0 Å². The third-order valence-electron chi connectivity index (χ3n) is 5.49. The van der Waals surface area contributed by atoms with Gasteiger partial charge in [0, 0.05) is 29.9 Å². The summed E-state index contributed by atoms with van der Waals surface area (Å²) < 4.78 is 5.52. The number of H-pyrrole nitrogens is 1. The van der Waals surface area contributed by atoms with Crippen LogP contribution in [-0.4, -0.2) is 33.3 Å². The summed E-state index contributed by atoms with van der Waals surface area (Å²) >= 11 is 0. The van der Waals surface area contributed by atoms with Crippen molar-refractivity contribution in [3.63, 3.8) is 0 Å². The van der Waals surface area contributed by atoms with E-state index >= 15 is 0 Å². The molecule has 0 fully saturated rings. The summed E-state index contributed by atoms with van der Waals surface area (Å²) in [6.45, 7) is 5.51. The summed E-state index contributed by atoms with van der Waals surface area (Å²) in [5, 5.41) is 13.9. The van der Waals surface area contributed by atoms with Crippen molar-refractivity contribution in [2.45, 2.75) is 51.2 Å². The van der Waals surface area contributed by atoms with Crippen LogP contribution in [-0.2, 0) is 22.4 Å². The molecule has 3 aromatic rings. The molecule has 1 unspecified atom stereocenters. The molecule has 2 aromatic carbocycles. The second-order valence-electron chi connectivity index (χ2n) is 8.21. The van der Waals surface area contributed by atoms with Crippen LogP contribution >= 0.6 is 0 Å². The molecule has 1 heterocycles. The molecule has 0 saturated carbocycles. The molecule has 6 nitrogen and oxygen atoms in total. The summed E-state index contributed by atoms with van der Waals surface area (Å²) in [6, 6.07) is 17.0. The maximum absolute atomic E-state index is 12.7. The van der Waals surface area contributed by atoms with Crippen LogP contribution in [0.2, 0.25) is 0 Å². The lowest BCUT2D eigenvalue weighted by Gasteiger charge is -2.32. The molecular formula is C24H28N2O4. The van der Waals surface area contributed by atoms with Crippen LogP contribution in [0, 0.1) is 0 Å². The number of aromatic nitrogens is 1. The second-order valence-corrected chi connectivity index (χ2v) is 8.21. The molecule has 0 spiro atoms. The van der Waals surface area contributed by atoms with Gasteiger partial charge in [0.1, 0.15) is 11.1 Å². The highest BCUT2D eigenvalue weighted by molar-refractivity contribution is 5.88. The highest BCUT2D eigenvalue weighted by atomic mass is 16.6. The number of carboxylic acid groups (broad SMARTS) is 1. The smallest absolute Gasteiger partial charge is 0.408 e. The standard InChI is InChI=1S/C24H28N2O4/c1-4-23(2,3)30-22(29)26-24(21(27)28,14-17-10-6-5-7-11-17)15-18-16-25-20-13-9-8-12-19(18)20/h5-13,16,25H,4,14-15H2,1-3H3,(H,26,29)(H,27,28). The van der Waals surface area contributed by atoms with Crippen molar-refractivity contribution in [1.82, 2.24) is 10.3 Å². The lowest BCUT2D eigenvalue weighted by atomic mass is 9.84. The van der Waals surface area contributed by atoms with Crippen molar-refractivity contribution in [2.75, 3.05) is 0 Å². The Morgan fingerprint density at radius 2 is 1.70 bits per heavy atom. The average molecular weight is 408 g/mol. The molecule has 6 heteroatoms. The molecule has 1 aromatic heterocycles. The van der Waals surface area contributed by atoms with E-state index in [0.29, 0.717) is 6.42 Å². The Kier molecular flexibility index (Phi) is 6.15.